The van der Waals surface area contributed by atoms with Crippen LogP contribution in [-0.2, 0) is 16.1 Å². The van der Waals surface area contributed by atoms with Gasteiger partial charge in [-0.3, -0.25) is 9.69 Å². The van der Waals surface area contributed by atoms with E-state index in [9.17, 15) is 4.79 Å². The molecule has 1 aliphatic heterocycles. The van der Waals surface area contributed by atoms with E-state index in [1.165, 1.54) is 5.56 Å². The van der Waals surface area contributed by atoms with Crippen molar-refractivity contribution < 1.29 is 9.53 Å². The van der Waals surface area contributed by atoms with Crippen molar-refractivity contribution >= 4 is 11.6 Å². The number of morpholine rings is 1. The quantitative estimate of drug-likeness (QED) is 0.907. The Morgan fingerprint density at radius 3 is 3.12 bits per heavy atom. The van der Waals surface area contributed by atoms with Gasteiger partial charge in [0.25, 0.3) is 0 Å². The molecule has 1 unspecified atom stereocenters. The van der Waals surface area contributed by atoms with E-state index in [4.69, 9.17) is 4.74 Å². The van der Waals surface area contributed by atoms with E-state index in [2.05, 4.69) is 29.0 Å². The minimum atomic E-state index is -0.0233. The van der Waals surface area contributed by atoms with Crippen LogP contribution in [0.3, 0.4) is 0 Å². The van der Waals surface area contributed by atoms with Crippen LogP contribution in [0.1, 0.15) is 31.5 Å². The Bertz CT molecular complexity index is 710. The number of rotatable bonds is 5. The van der Waals surface area contributed by atoms with Crippen molar-refractivity contribution in [2.45, 2.75) is 45.9 Å². The molecule has 2 aromatic heterocycles. The molecular formula is C18H26N4O2. The summed E-state index contributed by atoms with van der Waals surface area (Å²) < 4.78 is 7.69. The smallest absolute Gasteiger partial charge is 0.222 e. The molecule has 0 bridgehead atoms. The number of hydrogen-bond acceptors (Lipinski definition) is 4. The lowest BCUT2D eigenvalue weighted by atomic mass is 10.1. The van der Waals surface area contributed by atoms with Gasteiger partial charge < -0.3 is 14.5 Å². The second-order valence-electron chi connectivity index (χ2n) is 6.76. The summed E-state index contributed by atoms with van der Waals surface area (Å²) in [5, 5.41) is 2.95. The lowest BCUT2D eigenvalue weighted by molar-refractivity contribution is -0.126. The summed E-state index contributed by atoms with van der Waals surface area (Å²) in [6, 6.07) is 4.56. The number of nitrogens with zero attached hydrogens (tertiary/aromatic N) is 3. The van der Waals surface area contributed by atoms with E-state index in [-0.39, 0.29) is 12.0 Å². The van der Waals surface area contributed by atoms with Gasteiger partial charge in [-0.05, 0) is 38.5 Å². The summed E-state index contributed by atoms with van der Waals surface area (Å²) in [4.78, 5) is 19.1. The number of ether oxygens (including phenoxy) is 1. The van der Waals surface area contributed by atoms with Gasteiger partial charge in [-0.25, -0.2) is 4.98 Å². The maximum atomic E-state index is 12.2. The predicted octanol–water partition coefficient (Wildman–Crippen LogP) is 1.76. The number of pyridine rings is 1. The van der Waals surface area contributed by atoms with Gasteiger partial charge in [-0.2, -0.15) is 0 Å². The molecule has 0 spiro atoms. The highest BCUT2D eigenvalue weighted by Gasteiger charge is 2.24. The zero-order valence-corrected chi connectivity index (χ0v) is 14.7. The van der Waals surface area contributed by atoms with E-state index in [0.29, 0.717) is 25.6 Å². The zero-order chi connectivity index (χ0) is 17.1. The SMILES string of the molecule is Cc1ccn2cc(CNC(=O)CC3CN(C(C)C)CCO3)nc2c1. The fourth-order valence-electron chi connectivity index (χ4n) is 3.02. The molecule has 3 rings (SSSR count). The van der Waals surface area contributed by atoms with Crippen molar-refractivity contribution in [3.8, 4) is 0 Å². The number of aromatic nitrogens is 2. The largest absolute Gasteiger partial charge is 0.375 e. The van der Waals surface area contributed by atoms with Gasteiger partial charge in [0.1, 0.15) is 5.65 Å². The van der Waals surface area contributed by atoms with Gasteiger partial charge in [-0.15, -0.1) is 0 Å². The maximum Gasteiger partial charge on any atom is 0.222 e. The average Bonchev–Trinajstić information content (AvgIpc) is 2.95. The van der Waals surface area contributed by atoms with Crippen molar-refractivity contribution in [2.24, 2.45) is 0 Å². The molecule has 1 fully saturated rings. The second kappa shape index (κ2) is 7.32. The molecule has 24 heavy (non-hydrogen) atoms. The first-order valence-electron chi connectivity index (χ1n) is 8.58. The Kier molecular flexibility index (Phi) is 5.16. The number of amides is 1. The Hall–Kier alpha value is -1.92. The van der Waals surface area contributed by atoms with Crippen LogP contribution in [-0.4, -0.2) is 52.0 Å². The topological polar surface area (TPSA) is 58.9 Å². The number of hydrogen-bond donors (Lipinski definition) is 1. The van der Waals surface area contributed by atoms with Crippen molar-refractivity contribution in [2.75, 3.05) is 19.7 Å². The zero-order valence-electron chi connectivity index (χ0n) is 14.7. The minimum absolute atomic E-state index is 0.0128. The molecule has 1 N–H and O–H groups in total. The van der Waals surface area contributed by atoms with Gasteiger partial charge in [0.15, 0.2) is 0 Å². The van der Waals surface area contributed by atoms with E-state index < -0.39 is 0 Å². The second-order valence-corrected chi connectivity index (χ2v) is 6.76. The molecule has 6 heteroatoms. The van der Waals surface area contributed by atoms with Crippen LogP contribution in [0.2, 0.25) is 0 Å². The van der Waals surface area contributed by atoms with E-state index >= 15 is 0 Å². The first-order valence-corrected chi connectivity index (χ1v) is 8.58. The predicted molar refractivity (Wildman–Crippen MR) is 92.8 cm³/mol. The third kappa shape index (κ3) is 4.13. The minimum Gasteiger partial charge on any atom is -0.375 e. The molecule has 1 atom stereocenters. The summed E-state index contributed by atoms with van der Waals surface area (Å²) in [5.41, 5.74) is 2.94. The Balaban J connectivity index is 1.51. The number of carbonyl (C=O) groups is 1. The van der Waals surface area contributed by atoms with Crippen molar-refractivity contribution in [1.82, 2.24) is 19.6 Å². The lowest BCUT2D eigenvalue weighted by Crippen LogP contribution is -2.47. The first-order chi connectivity index (χ1) is 11.5. The molecule has 6 nitrogen and oxygen atoms in total. The number of nitrogens with one attached hydrogen (secondary N) is 1. The van der Waals surface area contributed by atoms with Crippen LogP contribution in [0.15, 0.2) is 24.5 Å². The highest BCUT2D eigenvalue weighted by molar-refractivity contribution is 5.76. The summed E-state index contributed by atoms with van der Waals surface area (Å²) in [6.07, 6.45) is 4.31. The van der Waals surface area contributed by atoms with Gasteiger partial charge in [0.05, 0.1) is 31.4 Å². The summed E-state index contributed by atoms with van der Waals surface area (Å²) in [6.45, 7) is 9.29. The van der Waals surface area contributed by atoms with Gasteiger partial charge in [0, 0.05) is 31.5 Å². The highest BCUT2D eigenvalue weighted by atomic mass is 16.5. The van der Waals surface area contributed by atoms with Gasteiger partial charge in [-0.1, -0.05) is 0 Å². The number of carbonyl (C=O) groups excluding carboxylic acids is 1. The van der Waals surface area contributed by atoms with E-state index in [1.54, 1.807) is 0 Å². The number of fused-ring (bicyclic) bond motifs is 1. The maximum absolute atomic E-state index is 12.2. The normalized spacial score (nSPS) is 19.1. The average molecular weight is 330 g/mol. The third-order valence-electron chi connectivity index (χ3n) is 4.45. The summed E-state index contributed by atoms with van der Waals surface area (Å²) in [5.74, 6) is 0.0128. The Morgan fingerprint density at radius 1 is 1.50 bits per heavy atom. The Morgan fingerprint density at radius 2 is 2.33 bits per heavy atom. The molecule has 0 radical (unpaired) electrons. The fourth-order valence-corrected chi connectivity index (χ4v) is 3.02. The molecule has 0 saturated carbocycles. The van der Waals surface area contributed by atoms with Crippen LogP contribution in [0.25, 0.3) is 5.65 Å². The molecule has 1 aliphatic rings. The lowest BCUT2D eigenvalue weighted by Gasteiger charge is -2.35. The van der Waals surface area contributed by atoms with E-state index in [0.717, 1.165) is 24.4 Å². The fraction of sp³-hybridized carbons (Fsp3) is 0.556. The summed E-state index contributed by atoms with van der Waals surface area (Å²) in [7, 11) is 0. The number of aryl methyl sites for hydroxylation is 1. The Labute approximate surface area is 142 Å². The molecular weight excluding hydrogens is 304 g/mol. The summed E-state index contributed by atoms with van der Waals surface area (Å²) >= 11 is 0. The third-order valence-corrected chi connectivity index (χ3v) is 4.45. The van der Waals surface area contributed by atoms with Crippen LogP contribution >= 0.6 is 0 Å². The van der Waals surface area contributed by atoms with Crippen molar-refractivity contribution in [3.05, 3.63) is 35.8 Å². The van der Waals surface area contributed by atoms with Crippen LogP contribution < -0.4 is 5.32 Å². The molecule has 3 heterocycles. The number of imidazole rings is 1. The molecule has 0 aromatic carbocycles. The van der Waals surface area contributed by atoms with Crippen molar-refractivity contribution in [3.63, 3.8) is 0 Å². The molecule has 130 valence electrons. The van der Waals surface area contributed by atoms with Gasteiger partial charge in [0.2, 0.25) is 5.91 Å². The highest BCUT2D eigenvalue weighted by Crippen LogP contribution is 2.12. The van der Waals surface area contributed by atoms with Crippen molar-refractivity contribution in [1.29, 1.82) is 0 Å². The van der Waals surface area contributed by atoms with E-state index in [1.807, 2.05) is 35.9 Å². The molecule has 2 aromatic rings. The molecule has 1 amide bonds. The van der Waals surface area contributed by atoms with Gasteiger partial charge >= 0.3 is 0 Å². The standard InChI is InChI=1S/C18H26N4O2/c1-13(2)21-6-7-24-16(12-21)9-18(23)19-10-15-11-22-5-4-14(3)8-17(22)20-15/h4-5,8,11,13,16H,6-7,9-10,12H2,1-3H3,(H,19,23). The van der Waals surface area contributed by atoms with Crippen LogP contribution in [0, 0.1) is 6.92 Å². The van der Waals surface area contributed by atoms with Crippen LogP contribution in [0.4, 0.5) is 0 Å². The molecule has 0 aliphatic carbocycles. The monoisotopic (exact) mass is 330 g/mol. The molecule has 1 saturated heterocycles. The van der Waals surface area contributed by atoms with Crippen LogP contribution in [0.5, 0.6) is 0 Å². The first kappa shape index (κ1) is 16.9.